The molecule has 1 aliphatic heterocycles. The van der Waals surface area contributed by atoms with E-state index < -0.39 is 23.9 Å². The Balaban J connectivity index is 1.81. The van der Waals surface area contributed by atoms with E-state index in [0.717, 1.165) is 0 Å². The molecule has 1 N–H and O–H groups in total. The van der Waals surface area contributed by atoms with E-state index in [-0.39, 0.29) is 23.4 Å². The maximum absolute atomic E-state index is 12.5. The van der Waals surface area contributed by atoms with Crippen LogP contribution in [0.15, 0.2) is 42.5 Å². The van der Waals surface area contributed by atoms with Gasteiger partial charge in [-0.15, -0.1) is 0 Å². The van der Waals surface area contributed by atoms with E-state index in [1.807, 2.05) is 0 Å². The van der Waals surface area contributed by atoms with Crippen LogP contribution in [0.3, 0.4) is 0 Å². The van der Waals surface area contributed by atoms with E-state index in [2.05, 4.69) is 14.8 Å². The van der Waals surface area contributed by atoms with E-state index >= 15 is 0 Å². The van der Waals surface area contributed by atoms with Crippen LogP contribution in [0.5, 0.6) is 11.5 Å². The molecule has 8 heteroatoms. The summed E-state index contributed by atoms with van der Waals surface area (Å²) >= 11 is 0. The predicted molar refractivity (Wildman–Crippen MR) is 94.1 cm³/mol. The third-order valence-electron chi connectivity index (χ3n) is 3.84. The number of ether oxygens (including phenoxy) is 4. The number of amides is 1. The van der Waals surface area contributed by atoms with Crippen molar-refractivity contribution in [2.45, 2.75) is 6.10 Å². The van der Waals surface area contributed by atoms with Gasteiger partial charge in [-0.2, -0.15) is 0 Å². The number of esters is 2. The van der Waals surface area contributed by atoms with Crippen LogP contribution in [0.2, 0.25) is 0 Å². The molecule has 3 rings (SSSR count). The van der Waals surface area contributed by atoms with E-state index in [1.54, 1.807) is 24.3 Å². The maximum Gasteiger partial charge on any atom is 0.337 e. The maximum atomic E-state index is 12.5. The van der Waals surface area contributed by atoms with Crippen molar-refractivity contribution in [1.29, 1.82) is 0 Å². The Bertz CT molecular complexity index is 859. The van der Waals surface area contributed by atoms with Crippen molar-refractivity contribution in [2.24, 2.45) is 0 Å². The first kappa shape index (κ1) is 18.2. The first-order valence-electron chi connectivity index (χ1n) is 8.03. The number of carbonyl (C=O) groups excluding carboxylic acids is 3. The van der Waals surface area contributed by atoms with Gasteiger partial charge in [-0.3, -0.25) is 4.79 Å². The van der Waals surface area contributed by atoms with Crippen LogP contribution in [-0.4, -0.2) is 44.8 Å². The molecule has 2 aromatic rings. The van der Waals surface area contributed by atoms with Crippen molar-refractivity contribution in [1.82, 2.24) is 0 Å². The lowest BCUT2D eigenvalue weighted by molar-refractivity contribution is -0.125. The minimum Gasteiger partial charge on any atom is -0.485 e. The van der Waals surface area contributed by atoms with E-state index in [4.69, 9.17) is 9.47 Å². The summed E-state index contributed by atoms with van der Waals surface area (Å²) in [6.45, 7) is 0.0311. The fraction of sp³-hybridized carbons (Fsp3) is 0.211. The van der Waals surface area contributed by atoms with Gasteiger partial charge in [0, 0.05) is 5.69 Å². The molecule has 140 valence electrons. The Kier molecular flexibility index (Phi) is 5.25. The molecule has 0 fully saturated rings. The lowest BCUT2D eigenvalue weighted by Gasteiger charge is -2.25. The number of benzene rings is 2. The van der Waals surface area contributed by atoms with Gasteiger partial charge < -0.3 is 24.3 Å². The van der Waals surface area contributed by atoms with Crippen molar-refractivity contribution in [2.75, 3.05) is 26.1 Å². The lowest BCUT2D eigenvalue weighted by Crippen LogP contribution is -2.40. The summed E-state index contributed by atoms with van der Waals surface area (Å²) in [4.78, 5) is 36.2. The van der Waals surface area contributed by atoms with Gasteiger partial charge >= 0.3 is 11.9 Å². The monoisotopic (exact) mass is 371 g/mol. The zero-order chi connectivity index (χ0) is 19.4. The van der Waals surface area contributed by atoms with E-state index in [9.17, 15) is 14.4 Å². The highest BCUT2D eigenvalue weighted by atomic mass is 16.6. The number of para-hydroxylation sites is 2. The van der Waals surface area contributed by atoms with Crippen LogP contribution in [0.1, 0.15) is 20.7 Å². The zero-order valence-electron chi connectivity index (χ0n) is 14.7. The van der Waals surface area contributed by atoms with Crippen LogP contribution in [0.25, 0.3) is 0 Å². The second-order valence-corrected chi connectivity index (χ2v) is 5.64. The topological polar surface area (TPSA) is 100 Å². The van der Waals surface area contributed by atoms with Crippen LogP contribution in [0, 0.1) is 0 Å². The average molecular weight is 371 g/mol. The molecule has 1 heterocycles. The average Bonchev–Trinajstić information content (AvgIpc) is 2.71. The van der Waals surface area contributed by atoms with Crippen LogP contribution in [0.4, 0.5) is 5.69 Å². The summed E-state index contributed by atoms with van der Waals surface area (Å²) in [5.41, 5.74) is 0.425. The van der Waals surface area contributed by atoms with Crippen molar-refractivity contribution in [3.8, 4) is 11.5 Å². The van der Waals surface area contributed by atoms with E-state index in [1.165, 1.54) is 32.4 Å². The lowest BCUT2D eigenvalue weighted by atomic mass is 10.1. The number of rotatable bonds is 4. The van der Waals surface area contributed by atoms with Crippen molar-refractivity contribution in [3.05, 3.63) is 53.6 Å². The molecule has 27 heavy (non-hydrogen) atoms. The summed E-state index contributed by atoms with van der Waals surface area (Å²) in [5.74, 6) is -0.767. The zero-order valence-corrected chi connectivity index (χ0v) is 14.7. The highest BCUT2D eigenvalue weighted by Crippen LogP contribution is 2.31. The number of carbonyl (C=O) groups is 3. The molecule has 0 radical (unpaired) electrons. The summed E-state index contributed by atoms with van der Waals surface area (Å²) in [6, 6.07) is 11.1. The largest absolute Gasteiger partial charge is 0.485 e. The number of hydrogen-bond donors (Lipinski definition) is 1. The minimum atomic E-state index is -0.886. The Morgan fingerprint density at radius 1 is 0.963 bits per heavy atom. The second kappa shape index (κ2) is 7.77. The van der Waals surface area contributed by atoms with Crippen molar-refractivity contribution >= 4 is 23.5 Å². The molecule has 8 nitrogen and oxygen atoms in total. The van der Waals surface area contributed by atoms with Crippen LogP contribution in [-0.2, 0) is 14.3 Å². The van der Waals surface area contributed by atoms with Gasteiger partial charge in [0.15, 0.2) is 11.5 Å². The van der Waals surface area contributed by atoms with Gasteiger partial charge in [0.2, 0.25) is 6.10 Å². The molecule has 0 saturated heterocycles. The smallest absolute Gasteiger partial charge is 0.337 e. The van der Waals surface area contributed by atoms with Gasteiger partial charge in [-0.05, 0) is 30.3 Å². The second-order valence-electron chi connectivity index (χ2n) is 5.64. The Hall–Kier alpha value is -3.55. The summed E-state index contributed by atoms with van der Waals surface area (Å²) in [5, 5.41) is 2.62. The number of anilines is 1. The van der Waals surface area contributed by atoms with Crippen molar-refractivity contribution in [3.63, 3.8) is 0 Å². The molecule has 0 unspecified atom stereocenters. The van der Waals surface area contributed by atoms with Crippen LogP contribution < -0.4 is 14.8 Å². The molecule has 1 aliphatic rings. The first-order chi connectivity index (χ1) is 13.0. The first-order valence-corrected chi connectivity index (χ1v) is 8.03. The quantitative estimate of drug-likeness (QED) is 0.821. The highest BCUT2D eigenvalue weighted by Gasteiger charge is 2.27. The Morgan fingerprint density at radius 3 is 2.15 bits per heavy atom. The summed E-state index contributed by atoms with van der Waals surface area (Å²) in [7, 11) is 2.44. The molecule has 0 aliphatic carbocycles. The molecular formula is C19H17NO7. The molecule has 0 aromatic heterocycles. The van der Waals surface area contributed by atoms with Crippen LogP contribution >= 0.6 is 0 Å². The number of hydrogen-bond acceptors (Lipinski definition) is 7. The Labute approximate surface area is 155 Å². The van der Waals surface area contributed by atoms with Gasteiger partial charge in [-0.25, -0.2) is 9.59 Å². The van der Waals surface area contributed by atoms with E-state index in [0.29, 0.717) is 11.5 Å². The van der Waals surface area contributed by atoms with Crippen molar-refractivity contribution < 1.29 is 33.3 Å². The predicted octanol–water partition coefficient (Wildman–Crippen LogP) is 2.04. The van der Waals surface area contributed by atoms with Gasteiger partial charge in [-0.1, -0.05) is 12.1 Å². The summed E-state index contributed by atoms with van der Waals surface area (Å²) in [6.07, 6.45) is -0.886. The third kappa shape index (κ3) is 4.00. The number of nitrogens with one attached hydrogen (secondary N) is 1. The molecule has 0 bridgehead atoms. The normalized spacial score (nSPS) is 14.8. The Morgan fingerprint density at radius 2 is 1.56 bits per heavy atom. The number of methoxy groups -OCH3 is 2. The molecule has 1 amide bonds. The fourth-order valence-electron chi connectivity index (χ4n) is 2.54. The third-order valence-corrected chi connectivity index (χ3v) is 3.84. The molecule has 0 spiro atoms. The molecule has 0 saturated carbocycles. The number of fused-ring (bicyclic) bond motifs is 1. The molecule has 2 aromatic carbocycles. The fourth-order valence-corrected chi connectivity index (χ4v) is 2.54. The van der Waals surface area contributed by atoms with Gasteiger partial charge in [0.05, 0.1) is 25.3 Å². The SMILES string of the molecule is COC(=O)c1cc(NC(=O)[C@@H]2COc3ccccc3O2)cc(C(=O)OC)c1. The van der Waals surface area contributed by atoms with Gasteiger partial charge in [0.1, 0.15) is 6.61 Å². The summed E-state index contributed by atoms with van der Waals surface area (Å²) < 4.78 is 20.5. The van der Waals surface area contributed by atoms with Gasteiger partial charge in [0.25, 0.3) is 5.91 Å². The molecule has 1 atom stereocenters. The standard InChI is InChI=1S/C19H17NO7/c1-24-18(22)11-7-12(19(23)25-2)9-13(8-11)20-17(21)16-10-26-14-5-3-4-6-15(14)27-16/h3-9,16H,10H2,1-2H3,(H,20,21)/t16-/m0/s1. The highest BCUT2D eigenvalue weighted by molar-refractivity contribution is 6.00. The molecular weight excluding hydrogens is 354 g/mol. The minimum absolute atomic E-state index is 0.0311.